The fourth-order valence-electron chi connectivity index (χ4n) is 3.20. The molecule has 0 saturated carbocycles. The molecule has 4 heteroatoms. The normalized spacial score (nSPS) is 19.7. The minimum atomic E-state index is -0.596. The van der Waals surface area contributed by atoms with Gasteiger partial charge >= 0.3 is 0 Å². The van der Waals surface area contributed by atoms with E-state index >= 15 is 0 Å². The first kappa shape index (κ1) is 16.4. The van der Waals surface area contributed by atoms with Crippen LogP contribution in [-0.4, -0.2) is 28.9 Å². The van der Waals surface area contributed by atoms with Gasteiger partial charge in [-0.3, -0.25) is 4.79 Å². The predicted molar refractivity (Wildman–Crippen MR) is 84.0 cm³/mol. The molecule has 1 unspecified atom stereocenters. The topological polar surface area (TPSA) is 46.3 Å². The quantitative estimate of drug-likeness (QED) is 0.731. The second kappa shape index (κ2) is 7.22. The highest BCUT2D eigenvalue weighted by Crippen LogP contribution is 2.35. The summed E-state index contributed by atoms with van der Waals surface area (Å²) in [4.78, 5) is 15.3. The third-order valence-corrected chi connectivity index (χ3v) is 4.78. The summed E-state index contributed by atoms with van der Waals surface area (Å²) in [7, 11) is 0. The highest BCUT2D eigenvalue weighted by Gasteiger charge is 2.43. The molecule has 0 aliphatic carbocycles. The summed E-state index contributed by atoms with van der Waals surface area (Å²) in [5.41, 5.74) is 5.37. The van der Waals surface area contributed by atoms with Gasteiger partial charge in [-0.05, 0) is 25.2 Å². The number of nitrogens with zero attached hydrogens (tertiary/aromatic N) is 1. The van der Waals surface area contributed by atoms with Crippen LogP contribution >= 0.6 is 12.2 Å². The molecule has 1 rings (SSSR count). The average molecular weight is 284 g/mol. The maximum atomic E-state index is 12.9. The summed E-state index contributed by atoms with van der Waals surface area (Å²) >= 11 is 5.26. The molecule has 0 aromatic heterocycles. The van der Waals surface area contributed by atoms with Gasteiger partial charge in [0, 0.05) is 13.1 Å². The smallest absolute Gasteiger partial charge is 0.235 e. The molecule has 0 aromatic carbocycles. The minimum absolute atomic E-state index is 0.180. The van der Waals surface area contributed by atoms with Crippen molar-refractivity contribution in [2.75, 3.05) is 13.1 Å². The Balaban J connectivity index is 2.90. The van der Waals surface area contributed by atoms with Gasteiger partial charge in [0.2, 0.25) is 5.91 Å². The number of thiocarbonyl (C=S) groups is 1. The van der Waals surface area contributed by atoms with Gasteiger partial charge in [0.05, 0.1) is 10.4 Å². The van der Waals surface area contributed by atoms with Crippen molar-refractivity contribution in [2.24, 2.45) is 17.1 Å². The summed E-state index contributed by atoms with van der Waals surface area (Å²) in [5, 5.41) is 0. The minimum Gasteiger partial charge on any atom is -0.392 e. The summed E-state index contributed by atoms with van der Waals surface area (Å²) < 4.78 is 0. The first-order valence-corrected chi connectivity index (χ1v) is 8.01. The number of rotatable bonds is 7. The third kappa shape index (κ3) is 3.47. The Bertz CT molecular complexity index is 324. The van der Waals surface area contributed by atoms with Crippen LogP contribution in [0, 0.1) is 11.3 Å². The number of hydrogen-bond donors (Lipinski definition) is 1. The number of amides is 1. The fraction of sp³-hybridized carbons (Fsp3) is 0.867. The second-order valence-corrected chi connectivity index (χ2v) is 6.20. The van der Waals surface area contributed by atoms with E-state index in [0.717, 1.165) is 51.6 Å². The van der Waals surface area contributed by atoms with E-state index in [1.54, 1.807) is 0 Å². The fourth-order valence-corrected chi connectivity index (χ4v) is 3.49. The molecule has 1 aliphatic heterocycles. The molecule has 1 amide bonds. The predicted octanol–water partition coefficient (Wildman–Crippen LogP) is 3.12. The molecule has 3 nitrogen and oxygen atoms in total. The van der Waals surface area contributed by atoms with Crippen LogP contribution in [-0.2, 0) is 4.79 Å². The lowest BCUT2D eigenvalue weighted by Gasteiger charge is -2.35. The van der Waals surface area contributed by atoms with Crippen molar-refractivity contribution in [3.05, 3.63) is 0 Å². The number of carbonyl (C=O) groups excluding carboxylic acids is 1. The van der Waals surface area contributed by atoms with Gasteiger partial charge in [-0.2, -0.15) is 0 Å². The van der Waals surface area contributed by atoms with Crippen LogP contribution in [0.5, 0.6) is 0 Å². The molecule has 0 radical (unpaired) electrons. The zero-order chi connectivity index (χ0) is 14.5. The summed E-state index contributed by atoms with van der Waals surface area (Å²) in [6, 6.07) is 0. The maximum Gasteiger partial charge on any atom is 0.235 e. The van der Waals surface area contributed by atoms with Gasteiger partial charge in [-0.25, -0.2) is 0 Å². The largest absolute Gasteiger partial charge is 0.392 e. The number of nitrogens with two attached hydrogens (primary N) is 1. The van der Waals surface area contributed by atoms with E-state index in [1.165, 1.54) is 0 Å². The van der Waals surface area contributed by atoms with Crippen LogP contribution in [0.3, 0.4) is 0 Å². The van der Waals surface area contributed by atoms with Gasteiger partial charge < -0.3 is 10.6 Å². The monoisotopic (exact) mass is 284 g/mol. The molecule has 2 N–H and O–H groups in total. The van der Waals surface area contributed by atoms with Crippen molar-refractivity contribution in [1.82, 2.24) is 4.90 Å². The van der Waals surface area contributed by atoms with E-state index in [9.17, 15) is 4.79 Å². The zero-order valence-corrected chi connectivity index (χ0v) is 13.4. The lowest BCUT2D eigenvalue weighted by Crippen LogP contribution is -2.50. The van der Waals surface area contributed by atoms with Crippen molar-refractivity contribution < 1.29 is 4.79 Å². The van der Waals surface area contributed by atoms with E-state index in [4.69, 9.17) is 18.0 Å². The summed E-state index contributed by atoms with van der Waals surface area (Å²) in [6.07, 6.45) is 5.70. The van der Waals surface area contributed by atoms with Crippen LogP contribution in [0.1, 0.15) is 59.3 Å². The van der Waals surface area contributed by atoms with Crippen molar-refractivity contribution >= 4 is 23.1 Å². The van der Waals surface area contributed by atoms with Crippen LogP contribution in [0.2, 0.25) is 0 Å². The lowest BCUT2D eigenvalue weighted by molar-refractivity contribution is -0.138. The number of carbonyl (C=O) groups is 1. The Hall–Kier alpha value is -0.640. The van der Waals surface area contributed by atoms with Crippen molar-refractivity contribution in [3.63, 3.8) is 0 Å². The molecule has 0 aromatic rings. The molecular weight excluding hydrogens is 256 g/mol. The Kier molecular flexibility index (Phi) is 6.24. The highest BCUT2D eigenvalue weighted by atomic mass is 32.1. The molecule has 1 heterocycles. The van der Waals surface area contributed by atoms with Gasteiger partial charge in [0.1, 0.15) is 0 Å². The lowest BCUT2D eigenvalue weighted by atomic mass is 9.77. The Morgan fingerprint density at radius 1 is 1.32 bits per heavy atom. The molecule has 1 aliphatic rings. The van der Waals surface area contributed by atoms with E-state index in [1.807, 2.05) is 4.90 Å². The average Bonchev–Trinajstić information content (AvgIpc) is 2.85. The highest BCUT2D eigenvalue weighted by molar-refractivity contribution is 7.80. The first-order valence-electron chi connectivity index (χ1n) is 7.61. The Morgan fingerprint density at radius 3 is 2.26 bits per heavy atom. The van der Waals surface area contributed by atoms with Crippen LogP contribution < -0.4 is 5.73 Å². The van der Waals surface area contributed by atoms with Crippen molar-refractivity contribution in [1.29, 1.82) is 0 Å². The second-order valence-electron chi connectivity index (χ2n) is 5.76. The maximum absolute atomic E-state index is 12.9. The van der Waals surface area contributed by atoms with Gasteiger partial charge in [-0.15, -0.1) is 0 Å². The third-order valence-electron chi connectivity index (χ3n) is 4.39. The van der Waals surface area contributed by atoms with E-state index < -0.39 is 5.41 Å². The molecule has 110 valence electrons. The van der Waals surface area contributed by atoms with Gasteiger partial charge in [-0.1, -0.05) is 52.3 Å². The van der Waals surface area contributed by atoms with E-state index in [2.05, 4.69) is 20.8 Å². The molecule has 1 atom stereocenters. The van der Waals surface area contributed by atoms with Gasteiger partial charge in [0.25, 0.3) is 0 Å². The zero-order valence-electron chi connectivity index (χ0n) is 12.6. The molecule has 0 bridgehead atoms. The standard InChI is InChI=1S/C15H28N2OS/c1-4-8-15(9-5-2,13(16)19)14(18)17-10-7-12(6-3)11-17/h12H,4-11H2,1-3H3,(H2,16,19). The Labute approximate surface area is 122 Å². The molecule has 1 saturated heterocycles. The van der Waals surface area contributed by atoms with Gasteiger partial charge in [0.15, 0.2) is 0 Å². The molecule has 19 heavy (non-hydrogen) atoms. The van der Waals surface area contributed by atoms with Crippen molar-refractivity contribution in [3.8, 4) is 0 Å². The molecule has 0 spiro atoms. The van der Waals surface area contributed by atoms with Crippen LogP contribution in [0.25, 0.3) is 0 Å². The first-order chi connectivity index (χ1) is 9.01. The SMILES string of the molecule is CCCC(CCC)(C(=O)N1CCC(CC)C1)C(N)=S. The number of likely N-dealkylation sites (tertiary alicyclic amines) is 1. The molecular formula is C15H28N2OS. The van der Waals surface area contributed by atoms with Crippen LogP contribution in [0.4, 0.5) is 0 Å². The Morgan fingerprint density at radius 2 is 1.89 bits per heavy atom. The summed E-state index contributed by atoms with van der Waals surface area (Å²) in [6.45, 7) is 8.13. The number of hydrogen-bond acceptors (Lipinski definition) is 2. The summed E-state index contributed by atoms with van der Waals surface area (Å²) in [5.74, 6) is 0.830. The van der Waals surface area contributed by atoms with E-state index in [0.29, 0.717) is 10.9 Å². The van der Waals surface area contributed by atoms with Crippen molar-refractivity contribution in [2.45, 2.75) is 59.3 Å². The van der Waals surface area contributed by atoms with Crippen LogP contribution in [0.15, 0.2) is 0 Å². The van der Waals surface area contributed by atoms with E-state index in [-0.39, 0.29) is 5.91 Å². The molecule has 1 fully saturated rings.